The molecule has 0 aromatic heterocycles. The largest absolute Gasteiger partial charge is 0.335 e. The molecule has 0 saturated carbocycles. The fourth-order valence-electron chi connectivity index (χ4n) is 2.91. The Morgan fingerprint density at radius 2 is 1.89 bits per heavy atom. The predicted molar refractivity (Wildman–Crippen MR) is 106 cm³/mol. The van der Waals surface area contributed by atoms with Crippen LogP contribution in [0.15, 0.2) is 47.6 Å². The molecule has 1 aliphatic rings. The monoisotopic (exact) mass is 384 g/mol. The third-order valence-corrected chi connectivity index (χ3v) is 4.47. The standard InChI is InChI=1S/C21H21ClN2O3/c1-13(2)10-19(25)27-23-20-17-11-14(3)4-9-18(17)24(21(20)26)12-15-5-7-16(22)8-6-15/h4-9,11,13H,10,12H2,1-3H3/b23-20+. The minimum atomic E-state index is -0.448. The number of benzene rings is 2. The van der Waals surface area contributed by atoms with E-state index in [0.717, 1.165) is 16.8 Å². The minimum absolute atomic E-state index is 0.153. The average Bonchev–Trinajstić information content (AvgIpc) is 2.85. The summed E-state index contributed by atoms with van der Waals surface area (Å²) in [7, 11) is 0. The number of aryl methyl sites for hydroxylation is 1. The molecule has 2 aromatic carbocycles. The van der Waals surface area contributed by atoms with E-state index in [1.807, 2.05) is 51.1 Å². The van der Waals surface area contributed by atoms with Gasteiger partial charge in [0.2, 0.25) is 0 Å². The van der Waals surface area contributed by atoms with E-state index in [0.29, 0.717) is 17.1 Å². The average molecular weight is 385 g/mol. The van der Waals surface area contributed by atoms with Crippen LogP contribution in [0.25, 0.3) is 0 Å². The van der Waals surface area contributed by atoms with E-state index < -0.39 is 5.97 Å². The highest BCUT2D eigenvalue weighted by Gasteiger charge is 2.35. The minimum Gasteiger partial charge on any atom is -0.317 e. The first-order chi connectivity index (χ1) is 12.8. The Morgan fingerprint density at radius 1 is 1.19 bits per heavy atom. The summed E-state index contributed by atoms with van der Waals surface area (Å²) >= 11 is 5.94. The summed E-state index contributed by atoms with van der Waals surface area (Å²) in [4.78, 5) is 31.4. The highest BCUT2D eigenvalue weighted by Crippen LogP contribution is 2.32. The molecule has 27 heavy (non-hydrogen) atoms. The van der Waals surface area contributed by atoms with Gasteiger partial charge in [-0.3, -0.25) is 4.79 Å². The van der Waals surface area contributed by atoms with Gasteiger partial charge in [0.25, 0.3) is 5.91 Å². The smallest absolute Gasteiger partial charge is 0.317 e. The number of halogens is 1. The molecule has 1 heterocycles. The van der Waals surface area contributed by atoms with Crippen LogP contribution >= 0.6 is 11.6 Å². The van der Waals surface area contributed by atoms with Gasteiger partial charge in [-0.1, -0.05) is 54.4 Å². The molecule has 2 aromatic rings. The molecule has 140 valence electrons. The Kier molecular flexibility index (Phi) is 5.61. The molecule has 0 atom stereocenters. The summed E-state index contributed by atoms with van der Waals surface area (Å²) in [5.74, 6) is -0.577. The van der Waals surface area contributed by atoms with Gasteiger partial charge in [0, 0.05) is 10.6 Å². The topological polar surface area (TPSA) is 59.0 Å². The van der Waals surface area contributed by atoms with Crippen molar-refractivity contribution in [1.82, 2.24) is 0 Å². The van der Waals surface area contributed by atoms with Crippen molar-refractivity contribution in [2.75, 3.05) is 4.90 Å². The second-order valence-electron chi connectivity index (χ2n) is 7.04. The molecule has 0 bridgehead atoms. The molecule has 0 saturated heterocycles. The van der Waals surface area contributed by atoms with Crippen molar-refractivity contribution in [2.45, 2.75) is 33.7 Å². The SMILES string of the molecule is Cc1ccc2c(c1)/C(=N\OC(=O)CC(C)C)C(=O)N2Cc1ccc(Cl)cc1. The Bertz CT molecular complexity index is 904. The summed E-state index contributed by atoms with van der Waals surface area (Å²) in [5, 5.41) is 4.54. The fraction of sp³-hybridized carbons (Fsp3) is 0.286. The summed E-state index contributed by atoms with van der Waals surface area (Å²) in [5.41, 5.74) is 3.51. The van der Waals surface area contributed by atoms with Crippen LogP contribution in [0.4, 0.5) is 5.69 Å². The molecular formula is C21H21ClN2O3. The van der Waals surface area contributed by atoms with Crippen LogP contribution in [0.5, 0.6) is 0 Å². The number of carbonyl (C=O) groups excluding carboxylic acids is 2. The number of hydrogen-bond acceptors (Lipinski definition) is 4. The van der Waals surface area contributed by atoms with Gasteiger partial charge >= 0.3 is 5.97 Å². The van der Waals surface area contributed by atoms with Gasteiger partial charge in [-0.15, -0.1) is 0 Å². The van der Waals surface area contributed by atoms with Gasteiger partial charge in [0.15, 0.2) is 5.71 Å². The number of amides is 1. The molecule has 0 N–H and O–H groups in total. The summed E-state index contributed by atoms with van der Waals surface area (Å²) in [6, 6.07) is 13.0. The first-order valence-electron chi connectivity index (χ1n) is 8.80. The van der Waals surface area contributed by atoms with Gasteiger partial charge in [-0.2, -0.15) is 0 Å². The van der Waals surface area contributed by atoms with E-state index in [4.69, 9.17) is 16.4 Å². The molecule has 5 nitrogen and oxygen atoms in total. The maximum Gasteiger partial charge on any atom is 0.335 e. The molecular weight excluding hydrogens is 364 g/mol. The number of anilines is 1. The Morgan fingerprint density at radius 3 is 2.56 bits per heavy atom. The number of nitrogens with zero attached hydrogens (tertiary/aromatic N) is 2. The van der Waals surface area contributed by atoms with Gasteiger partial charge < -0.3 is 9.74 Å². The highest BCUT2D eigenvalue weighted by molar-refractivity contribution is 6.54. The van der Waals surface area contributed by atoms with Crippen LogP contribution in [0.3, 0.4) is 0 Å². The molecule has 3 rings (SSSR count). The summed E-state index contributed by atoms with van der Waals surface area (Å²) in [6.07, 6.45) is 0.250. The number of fused-ring (bicyclic) bond motifs is 1. The lowest BCUT2D eigenvalue weighted by Gasteiger charge is -2.17. The van der Waals surface area contributed by atoms with Crippen LogP contribution in [0.1, 0.15) is 37.0 Å². The van der Waals surface area contributed by atoms with Crippen molar-refractivity contribution in [3.63, 3.8) is 0 Å². The Hall–Kier alpha value is -2.66. The molecule has 0 fully saturated rings. The normalized spacial score (nSPS) is 14.8. The van der Waals surface area contributed by atoms with Crippen molar-refractivity contribution in [3.8, 4) is 0 Å². The van der Waals surface area contributed by atoms with E-state index in [1.54, 1.807) is 17.0 Å². The Labute approximate surface area is 163 Å². The third-order valence-electron chi connectivity index (χ3n) is 4.21. The summed E-state index contributed by atoms with van der Waals surface area (Å²) < 4.78 is 0. The molecule has 0 aliphatic carbocycles. The van der Waals surface area contributed by atoms with Crippen LogP contribution < -0.4 is 4.90 Å². The van der Waals surface area contributed by atoms with E-state index in [1.165, 1.54) is 0 Å². The van der Waals surface area contributed by atoms with Crippen LogP contribution in [-0.2, 0) is 21.0 Å². The first kappa shape index (κ1) is 19.1. The zero-order valence-corrected chi connectivity index (χ0v) is 16.3. The quantitative estimate of drug-likeness (QED) is 0.563. The van der Waals surface area contributed by atoms with Crippen LogP contribution in [0, 0.1) is 12.8 Å². The number of hydrogen-bond donors (Lipinski definition) is 0. The number of rotatable bonds is 5. The second kappa shape index (κ2) is 7.92. The van der Waals surface area contributed by atoms with Gasteiger partial charge in [-0.25, -0.2) is 4.79 Å². The van der Waals surface area contributed by atoms with Crippen molar-refractivity contribution >= 4 is 34.9 Å². The molecule has 0 unspecified atom stereocenters. The van der Waals surface area contributed by atoms with E-state index in [2.05, 4.69) is 5.16 Å². The third kappa shape index (κ3) is 4.37. The van der Waals surface area contributed by atoms with E-state index >= 15 is 0 Å². The van der Waals surface area contributed by atoms with Crippen molar-refractivity contribution in [1.29, 1.82) is 0 Å². The maximum absolute atomic E-state index is 13.0. The fourth-order valence-corrected chi connectivity index (χ4v) is 3.04. The van der Waals surface area contributed by atoms with E-state index in [-0.39, 0.29) is 24.0 Å². The van der Waals surface area contributed by atoms with Crippen LogP contribution in [0.2, 0.25) is 5.02 Å². The predicted octanol–water partition coefficient (Wildman–Crippen LogP) is 4.49. The van der Waals surface area contributed by atoms with Gasteiger partial charge in [0.05, 0.1) is 18.7 Å². The second-order valence-corrected chi connectivity index (χ2v) is 7.48. The lowest BCUT2D eigenvalue weighted by molar-refractivity contribution is -0.144. The molecule has 1 aliphatic heterocycles. The van der Waals surface area contributed by atoms with E-state index in [9.17, 15) is 9.59 Å². The van der Waals surface area contributed by atoms with Gasteiger partial charge in [-0.05, 0) is 42.7 Å². The molecule has 6 heteroatoms. The van der Waals surface area contributed by atoms with Crippen molar-refractivity contribution in [3.05, 3.63) is 64.2 Å². The molecule has 0 spiro atoms. The summed E-state index contributed by atoms with van der Waals surface area (Å²) in [6.45, 7) is 6.16. The van der Waals surface area contributed by atoms with Crippen LogP contribution in [-0.4, -0.2) is 17.6 Å². The Balaban J connectivity index is 1.90. The number of oxime groups is 1. The lowest BCUT2D eigenvalue weighted by Crippen LogP contribution is -2.29. The molecule has 0 radical (unpaired) electrons. The lowest BCUT2D eigenvalue weighted by atomic mass is 10.1. The van der Waals surface area contributed by atoms with Crippen molar-refractivity contribution < 1.29 is 14.4 Å². The molecule has 1 amide bonds. The number of carbonyl (C=O) groups is 2. The van der Waals surface area contributed by atoms with Crippen molar-refractivity contribution in [2.24, 2.45) is 11.1 Å². The zero-order valence-electron chi connectivity index (χ0n) is 15.5. The zero-order chi connectivity index (χ0) is 19.6. The first-order valence-corrected chi connectivity index (χ1v) is 9.18. The van der Waals surface area contributed by atoms with Gasteiger partial charge in [0.1, 0.15) is 0 Å². The highest BCUT2D eigenvalue weighted by atomic mass is 35.5. The maximum atomic E-state index is 13.0.